The van der Waals surface area contributed by atoms with E-state index in [1.165, 1.54) is 46.6 Å². The van der Waals surface area contributed by atoms with Crippen LogP contribution in [-0.4, -0.2) is 23.3 Å². The summed E-state index contributed by atoms with van der Waals surface area (Å²) >= 11 is 4.28. The number of hydrogen-bond acceptors (Lipinski definition) is 5. The van der Waals surface area contributed by atoms with Gasteiger partial charge in [-0.2, -0.15) is 11.3 Å². The number of thioether (sulfide) groups is 1. The minimum Gasteiger partial charge on any atom is -0.378 e. The molecule has 0 aliphatic heterocycles. The predicted octanol–water partition coefficient (Wildman–Crippen LogP) is 4.09. The summed E-state index contributed by atoms with van der Waals surface area (Å²) in [7, 11) is 0. The third kappa shape index (κ3) is 4.49. The molecule has 0 spiro atoms. The lowest BCUT2D eigenvalue weighted by atomic mass is 9.94. The van der Waals surface area contributed by atoms with Gasteiger partial charge in [0.1, 0.15) is 11.4 Å². The van der Waals surface area contributed by atoms with Gasteiger partial charge in [-0.3, -0.25) is 4.79 Å². The van der Waals surface area contributed by atoms with Crippen molar-refractivity contribution >= 4 is 40.3 Å². The number of hydrogen-bond donors (Lipinski definition) is 2. The van der Waals surface area contributed by atoms with Gasteiger partial charge in [0.2, 0.25) is 5.91 Å². The molecule has 25 heavy (non-hydrogen) atoms. The quantitative estimate of drug-likeness (QED) is 0.595. The van der Waals surface area contributed by atoms with Crippen LogP contribution in [0.1, 0.15) is 10.4 Å². The topological polar surface area (TPSA) is 49.3 Å². The lowest BCUT2D eigenvalue weighted by Gasteiger charge is -2.27. The van der Waals surface area contributed by atoms with E-state index in [-0.39, 0.29) is 24.0 Å². The summed E-state index contributed by atoms with van der Waals surface area (Å²) in [5, 5.41) is 19.7. The van der Waals surface area contributed by atoms with Gasteiger partial charge in [-0.1, -0.05) is 6.07 Å². The molecule has 0 radical (unpaired) electrons. The first kappa shape index (κ1) is 18.1. The fourth-order valence-corrected chi connectivity index (χ4v) is 4.60. The van der Waals surface area contributed by atoms with E-state index in [1.807, 2.05) is 34.3 Å². The van der Waals surface area contributed by atoms with Gasteiger partial charge < -0.3 is 10.4 Å². The van der Waals surface area contributed by atoms with Crippen LogP contribution in [0.4, 0.5) is 4.39 Å². The number of amides is 1. The first-order valence-corrected chi connectivity index (χ1v) is 10.3. The van der Waals surface area contributed by atoms with E-state index >= 15 is 0 Å². The SMILES string of the molecule is O=C(CSc1ccc(F)cc1)NC[C@](O)(c1ccsc1)c1cccs1. The molecular formula is C18H16FNO2S3. The number of thiophene rings is 2. The Morgan fingerprint density at radius 2 is 2.00 bits per heavy atom. The standard InChI is InChI=1S/C18H16FNO2S3/c19-14-3-5-15(6-4-14)25-11-17(21)20-12-18(22,13-7-9-23-10-13)16-2-1-8-24-16/h1-10,22H,11-12H2,(H,20,21)/t18-/m0/s1. The number of rotatable bonds is 7. The van der Waals surface area contributed by atoms with Crippen molar-refractivity contribution in [3.05, 3.63) is 74.9 Å². The van der Waals surface area contributed by atoms with Gasteiger partial charge >= 0.3 is 0 Å². The highest BCUT2D eigenvalue weighted by atomic mass is 32.2. The second-order valence-electron chi connectivity index (χ2n) is 5.37. The van der Waals surface area contributed by atoms with Crippen LogP contribution in [0.15, 0.2) is 63.5 Å². The Balaban J connectivity index is 1.61. The van der Waals surface area contributed by atoms with Crippen molar-refractivity contribution in [2.24, 2.45) is 0 Å². The summed E-state index contributed by atoms with van der Waals surface area (Å²) in [4.78, 5) is 13.8. The molecule has 3 aromatic rings. The summed E-state index contributed by atoms with van der Waals surface area (Å²) in [5.41, 5.74) is -0.462. The number of carbonyl (C=O) groups is 1. The molecule has 0 saturated carbocycles. The fraction of sp³-hybridized carbons (Fsp3) is 0.167. The van der Waals surface area contributed by atoms with E-state index in [0.717, 1.165) is 15.3 Å². The minimum absolute atomic E-state index is 0.104. The molecule has 1 aromatic carbocycles. The molecule has 0 fully saturated rings. The van der Waals surface area contributed by atoms with Crippen LogP contribution in [0, 0.1) is 5.82 Å². The van der Waals surface area contributed by atoms with E-state index < -0.39 is 5.60 Å². The lowest BCUT2D eigenvalue weighted by molar-refractivity contribution is -0.119. The van der Waals surface area contributed by atoms with Crippen LogP contribution in [0.2, 0.25) is 0 Å². The van der Waals surface area contributed by atoms with Crippen LogP contribution in [0.3, 0.4) is 0 Å². The van der Waals surface area contributed by atoms with Gasteiger partial charge in [0.05, 0.1) is 12.3 Å². The fourth-order valence-electron chi connectivity index (χ4n) is 2.30. The molecule has 0 aliphatic rings. The molecule has 3 nitrogen and oxygen atoms in total. The molecule has 130 valence electrons. The minimum atomic E-state index is -1.23. The third-order valence-electron chi connectivity index (χ3n) is 3.65. The molecule has 7 heteroatoms. The Labute approximate surface area is 157 Å². The molecule has 1 atom stereocenters. The number of aliphatic hydroxyl groups is 1. The van der Waals surface area contributed by atoms with Gasteiger partial charge in [0.15, 0.2) is 0 Å². The Morgan fingerprint density at radius 1 is 1.20 bits per heavy atom. The Hall–Kier alpha value is -1.67. The Bertz CT molecular complexity index is 767. The lowest BCUT2D eigenvalue weighted by Crippen LogP contribution is -2.41. The third-order valence-corrected chi connectivity index (χ3v) is 6.37. The Kier molecular flexibility index (Phi) is 5.90. The largest absolute Gasteiger partial charge is 0.378 e. The second-order valence-corrected chi connectivity index (χ2v) is 8.15. The van der Waals surface area contributed by atoms with Gasteiger partial charge in [-0.05, 0) is 52.5 Å². The van der Waals surface area contributed by atoms with Crippen LogP contribution in [0.25, 0.3) is 0 Å². The average molecular weight is 394 g/mol. The van der Waals surface area contributed by atoms with E-state index in [1.54, 1.807) is 12.1 Å². The molecule has 0 saturated heterocycles. The van der Waals surface area contributed by atoms with Crippen molar-refractivity contribution in [2.75, 3.05) is 12.3 Å². The average Bonchev–Trinajstić information content (AvgIpc) is 3.33. The molecule has 0 unspecified atom stereocenters. The van der Waals surface area contributed by atoms with Crippen molar-refractivity contribution in [1.29, 1.82) is 0 Å². The van der Waals surface area contributed by atoms with Gasteiger partial charge in [-0.15, -0.1) is 23.1 Å². The number of nitrogens with one attached hydrogen (secondary N) is 1. The number of halogens is 1. The molecular weight excluding hydrogens is 377 g/mol. The maximum absolute atomic E-state index is 12.9. The normalized spacial score (nSPS) is 13.4. The number of carbonyl (C=O) groups excluding carboxylic acids is 1. The van der Waals surface area contributed by atoms with E-state index in [4.69, 9.17) is 0 Å². The predicted molar refractivity (Wildman–Crippen MR) is 102 cm³/mol. The van der Waals surface area contributed by atoms with Crippen molar-refractivity contribution in [1.82, 2.24) is 5.32 Å². The zero-order valence-corrected chi connectivity index (χ0v) is 15.6. The summed E-state index contributed by atoms with van der Waals surface area (Å²) in [6.07, 6.45) is 0. The molecule has 2 heterocycles. The summed E-state index contributed by atoms with van der Waals surface area (Å²) < 4.78 is 12.9. The van der Waals surface area contributed by atoms with Crippen LogP contribution < -0.4 is 5.32 Å². The van der Waals surface area contributed by atoms with Gasteiger partial charge in [0, 0.05) is 15.3 Å². The summed E-state index contributed by atoms with van der Waals surface area (Å²) in [6, 6.07) is 11.6. The number of benzene rings is 1. The highest BCUT2D eigenvalue weighted by molar-refractivity contribution is 8.00. The van der Waals surface area contributed by atoms with E-state index in [2.05, 4.69) is 5.32 Å². The van der Waals surface area contributed by atoms with Crippen molar-refractivity contribution in [2.45, 2.75) is 10.5 Å². The van der Waals surface area contributed by atoms with Crippen molar-refractivity contribution in [3.8, 4) is 0 Å². The maximum Gasteiger partial charge on any atom is 0.230 e. The first-order chi connectivity index (χ1) is 12.1. The highest BCUT2D eigenvalue weighted by Gasteiger charge is 2.33. The second kappa shape index (κ2) is 8.14. The van der Waals surface area contributed by atoms with Crippen molar-refractivity contribution < 1.29 is 14.3 Å². The molecule has 2 N–H and O–H groups in total. The highest BCUT2D eigenvalue weighted by Crippen LogP contribution is 2.33. The zero-order valence-electron chi connectivity index (χ0n) is 13.1. The van der Waals surface area contributed by atoms with E-state index in [0.29, 0.717) is 0 Å². The molecule has 0 aliphatic carbocycles. The zero-order chi connectivity index (χ0) is 17.7. The van der Waals surface area contributed by atoms with Crippen LogP contribution >= 0.6 is 34.4 Å². The smallest absolute Gasteiger partial charge is 0.230 e. The summed E-state index contributed by atoms with van der Waals surface area (Å²) in [5.74, 6) is -0.277. The first-order valence-electron chi connectivity index (χ1n) is 7.52. The van der Waals surface area contributed by atoms with Crippen molar-refractivity contribution in [3.63, 3.8) is 0 Å². The van der Waals surface area contributed by atoms with Crippen LogP contribution in [-0.2, 0) is 10.4 Å². The van der Waals surface area contributed by atoms with Gasteiger partial charge in [-0.25, -0.2) is 4.39 Å². The van der Waals surface area contributed by atoms with Gasteiger partial charge in [0.25, 0.3) is 0 Å². The monoisotopic (exact) mass is 393 g/mol. The summed E-state index contributed by atoms with van der Waals surface area (Å²) in [6.45, 7) is 0.104. The molecule has 1 amide bonds. The molecule has 0 bridgehead atoms. The molecule has 2 aromatic heterocycles. The van der Waals surface area contributed by atoms with E-state index in [9.17, 15) is 14.3 Å². The van der Waals surface area contributed by atoms with Crippen LogP contribution in [0.5, 0.6) is 0 Å². The Morgan fingerprint density at radius 3 is 2.64 bits per heavy atom. The molecule has 3 rings (SSSR count). The maximum atomic E-state index is 12.9.